The largest absolute Gasteiger partial charge is 0.372 e. The number of carbonyl (C=O) groups is 1. The van der Waals surface area contributed by atoms with Crippen LogP contribution in [0.3, 0.4) is 0 Å². The van der Waals surface area contributed by atoms with Gasteiger partial charge in [0.05, 0.1) is 11.9 Å². The highest BCUT2D eigenvalue weighted by atomic mass is 16.2. The average molecular weight is 438 g/mol. The van der Waals surface area contributed by atoms with E-state index in [9.17, 15) is 4.79 Å². The quantitative estimate of drug-likeness (QED) is 0.288. The summed E-state index contributed by atoms with van der Waals surface area (Å²) >= 11 is 0. The SMILES string of the molecule is CCN(CC)c1ccc(C=NNC(=O)c2cc(-c3ccc(-c4ccccc4)cc3)n[nH]2)cc1. The minimum atomic E-state index is -0.342. The van der Waals surface area contributed by atoms with E-state index >= 15 is 0 Å². The van der Waals surface area contributed by atoms with Crippen LogP contribution in [0.2, 0.25) is 0 Å². The number of nitrogens with zero attached hydrogens (tertiary/aromatic N) is 3. The molecule has 0 radical (unpaired) electrons. The van der Waals surface area contributed by atoms with E-state index in [-0.39, 0.29) is 5.91 Å². The topological polar surface area (TPSA) is 73.4 Å². The number of amides is 1. The third-order valence-corrected chi connectivity index (χ3v) is 5.51. The molecule has 33 heavy (non-hydrogen) atoms. The second-order valence-electron chi connectivity index (χ2n) is 7.57. The van der Waals surface area contributed by atoms with Crippen molar-refractivity contribution in [3.63, 3.8) is 0 Å². The average Bonchev–Trinajstić information content (AvgIpc) is 3.37. The Hall–Kier alpha value is -4.19. The van der Waals surface area contributed by atoms with Crippen molar-refractivity contribution in [3.8, 4) is 22.4 Å². The van der Waals surface area contributed by atoms with Crippen molar-refractivity contribution >= 4 is 17.8 Å². The van der Waals surface area contributed by atoms with Crippen molar-refractivity contribution in [2.75, 3.05) is 18.0 Å². The van der Waals surface area contributed by atoms with Gasteiger partial charge in [-0.25, -0.2) is 5.43 Å². The third-order valence-electron chi connectivity index (χ3n) is 5.51. The molecule has 4 rings (SSSR count). The molecule has 0 unspecified atom stereocenters. The Morgan fingerprint density at radius 1 is 0.909 bits per heavy atom. The molecule has 0 bridgehead atoms. The summed E-state index contributed by atoms with van der Waals surface area (Å²) in [6, 6.07) is 28.1. The molecule has 1 aromatic heterocycles. The summed E-state index contributed by atoms with van der Waals surface area (Å²) in [6.45, 7) is 6.19. The lowest BCUT2D eigenvalue weighted by Gasteiger charge is -2.20. The Bertz CT molecular complexity index is 1210. The van der Waals surface area contributed by atoms with Crippen LogP contribution in [0, 0.1) is 0 Å². The molecule has 0 fully saturated rings. The number of rotatable bonds is 8. The number of aromatic nitrogens is 2. The lowest BCUT2D eigenvalue weighted by Crippen LogP contribution is -2.21. The zero-order valence-electron chi connectivity index (χ0n) is 18.8. The summed E-state index contributed by atoms with van der Waals surface area (Å²) in [7, 11) is 0. The predicted octanol–water partition coefficient (Wildman–Crippen LogP) is 5.35. The summed E-state index contributed by atoms with van der Waals surface area (Å²) in [5.74, 6) is -0.342. The Labute approximate surface area is 194 Å². The van der Waals surface area contributed by atoms with Crippen molar-refractivity contribution in [2.24, 2.45) is 5.10 Å². The Morgan fingerprint density at radius 3 is 2.21 bits per heavy atom. The molecule has 4 aromatic rings. The van der Waals surface area contributed by atoms with Crippen molar-refractivity contribution in [1.82, 2.24) is 15.6 Å². The minimum Gasteiger partial charge on any atom is -0.372 e. The number of hydrogen-bond donors (Lipinski definition) is 2. The minimum absolute atomic E-state index is 0.342. The summed E-state index contributed by atoms with van der Waals surface area (Å²) in [6.07, 6.45) is 1.63. The maximum atomic E-state index is 12.4. The second-order valence-corrected chi connectivity index (χ2v) is 7.57. The third kappa shape index (κ3) is 5.36. The van der Waals surface area contributed by atoms with Crippen LogP contribution in [0.1, 0.15) is 29.9 Å². The zero-order valence-corrected chi connectivity index (χ0v) is 18.8. The van der Waals surface area contributed by atoms with Gasteiger partial charge in [-0.05, 0) is 48.7 Å². The normalized spacial score (nSPS) is 11.0. The van der Waals surface area contributed by atoms with Gasteiger partial charge in [-0.1, -0.05) is 66.7 Å². The summed E-state index contributed by atoms with van der Waals surface area (Å²) in [5.41, 5.74) is 8.91. The van der Waals surface area contributed by atoms with E-state index < -0.39 is 0 Å². The van der Waals surface area contributed by atoms with Crippen molar-refractivity contribution in [3.05, 3.63) is 96.2 Å². The van der Waals surface area contributed by atoms with Gasteiger partial charge in [-0.2, -0.15) is 10.2 Å². The molecule has 0 aliphatic rings. The molecule has 1 amide bonds. The number of benzene rings is 3. The van der Waals surface area contributed by atoms with E-state index in [4.69, 9.17) is 0 Å². The molecule has 0 aliphatic carbocycles. The lowest BCUT2D eigenvalue weighted by molar-refractivity contribution is 0.0950. The van der Waals surface area contributed by atoms with Crippen LogP contribution < -0.4 is 10.3 Å². The van der Waals surface area contributed by atoms with Crippen LogP contribution in [-0.4, -0.2) is 35.4 Å². The first-order chi connectivity index (χ1) is 16.2. The van der Waals surface area contributed by atoms with E-state index in [0.717, 1.165) is 35.3 Å². The van der Waals surface area contributed by atoms with Crippen molar-refractivity contribution < 1.29 is 4.79 Å². The van der Waals surface area contributed by atoms with Gasteiger partial charge in [0.2, 0.25) is 0 Å². The van der Waals surface area contributed by atoms with E-state index in [2.05, 4.69) is 75.9 Å². The number of hydrogen-bond acceptors (Lipinski definition) is 4. The molecule has 0 spiro atoms. The van der Waals surface area contributed by atoms with Gasteiger partial charge in [0.15, 0.2) is 0 Å². The Kier molecular flexibility index (Phi) is 6.95. The van der Waals surface area contributed by atoms with E-state index in [1.165, 1.54) is 5.69 Å². The highest BCUT2D eigenvalue weighted by Gasteiger charge is 2.10. The standard InChI is InChI=1S/C27H27N5O/c1-3-32(4-2)24-16-10-20(11-17-24)19-28-31-27(33)26-18-25(29-30-26)23-14-12-22(13-15-23)21-8-6-5-7-9-21/h5-19H,3-4H2,1-2H3,(H,29,30)(H,31,33). The summed E-state index contributed by atoms with van der Waals surface area (Å²) in [4.78, 5) is 14.7. The first-order valence-corrected chi connectivity index (χ1v) is 11.1. The monoisotopic (exact) mass is 437 g/mol. The Morgan fingerprint density at radius 2 is 1.55 bits per heavy atom. The fraction of sp³-hybridized carbons (Fsp3) is 0.148. The summed E-state index contributed by atoms with van der Waals surface area (Å²) in [5, 5.41) is 11.1. The molecular weight excluding hydrogens is 410 g/mol. The molecule has 6 nitrogen and oxygen atoms in total. The first kappa shape index (κ1) is 22.0. The van der Waals surface area contributed by atoms with Crippen LogP contribution in [0.4, 0.5) is 5.69 Å². The lowest BCUT2D eigenvalue weighted by atomic mass is 10.0. The maximum Gasteiger partial charge on any atom is 0.289 e. The van der Waals surface area contributed by atoms with E-state index in [0.29, 0.717) is 11.4 Å². The van der Waals surface area contributed by atoms with Gasteiger partial charge >= 0.3 is 0 Å². The number of H-pyrrole nitrogens is 1. The molecule has 0 aliphatic heterocycles. The summed E-state index contributed by atoms with van der Waals surface area (Å²) < 4.78 is 0. The van der Waals surface area contributed by atoms with Crippen molar-refractivity contribution in [1.29, 1.82) is 0 Å². The fourth-order valence-corrected chi connectivity index (χ4v) is 3.64. The number of aromatic amines is 1. The number of hydrazone groups is 1. The first-order valence-electron chi connectivity index (χ1n) is 11.1. The second kappa shape index (κ2) is 10.4. The highest BCUT2D eigenvalue weighted by molar-refractivity contribution is 5.94. The maximum absolute atomic E-state index is 12.4. The van der Waals surface area contributed by atoms with Gasteiger partial charge in [0, 0.05) is 24.3 Å². The van der Waals surface area contributed by atoms with Gasteiger partial charge in [0.1, 0.15) is 5.69 Å². The van der Waals surface area contributed by atoms with Gasteiger partial charge in [-0.15, -0.1) is 0 Å². The van der Waals surface area contributed by atoms with Gasteiger partial charge in [-0.3, -0.25) is 9.89 Å². The molecule has 166 valence electrons. The van der Waals surface area contributed by atoms with Gasteiger partial charge in [0.25, 0.3) is 5.91 Å². The smallest absolute Gasteiger partial charge is 0.289 e. The molecule has 2 N–H and O–H groups in total. The van der Waals surface area contributed by atoms with Crippen molar-refractivity contribution in [2.45, 2.75) is 13.8 Å². The fourth-order valence-electron chi connectivity index (χ4n) is 3.64. The van der Waals surface area contributed by atoms with Crippen LogP contribution in [0.5, 0.6) is 0 Å². The van der Waals surface area contributed by atoms with Crippen LogP contribution >= 0.6 is 0 Å². The molecule has 1 heterocycles. The van der Waals surface area contributed by atoms with Gasteiger partial charge < -0.3 is 4.90 Å². The molecule has 0 saturated carbocycles. The van der Waals surface area contributed by atoms with E-state index in [1.807, 2.05) is 42.5 Å². The van der Waals surface area contributed by atoms with Crippen LogP contribution in [0.25, 0.3) is 22.4 Å². The molecular formula is C27H27N5O. The Balaban J connectivity index is 1.37. The zero-order chi connectivity index (χ0) is 23.0. The number of nitrogens with one attached hydrogen (secondary N) is 2. The number of anilines is 1. The van der Waals surface area contributed by atoms with E-state index in [1.54, 1.807) is 12.3 Å². The molecule has 0 saturated heterocycles. The molecule has 6 heteroatoms. The number of carbonyl (C=O) groups excluding carboxylic acids is 1. The highest BCUT2D eigenvalue weighted by Crippen LogP contribution is 2.24. The molecule has 3 aromatic carbocycles. The molecule has 0 atom stereocenters. The van der Waals surface area contributed by atoms with Crippen LogP contribution in [-0.2, 0) is 0 Å². The predicted molar refractivity (Wildman–Crippen MR) is 135 cm³/mol. The van der Waals surface area contributed by atoms with Crippen LogP contribution in [0.15, 0.2) is 90.0 Å².